The molecule has 2 aliphatic rings. The van der Waals surface area contributed by atoms with E-state index in [1.807, 2.05) is 18.2 Å². The van der Waals surface area contributed by atoms with E-state index in [1.54, 1.807) is 6.26 Å². The zero-order chi connectivity index (χ0) is 21.9. The molecule has 2 aromatic heterocycles. The molecule has 3 aromatic rings. The minimum Gasteiger partial charge on any atom is -0.465 e. The van der Waals surface area contributed by atoms with Crippen molar-refractivity contribution in [3.05, 3.63) is 60.1 Å². The number of likely N-dealkylation sites (N-methyl/N-ethyl adjacent to an activating group) is 1. The van der Waals surface area contributed by atoms with Crippen LogP contribution in [-0.4, -0.2) is 65.5 Å². The molecule has 0 bridgehead atoms. The maximum Gasteiger partial charge on any atom is 0.234 e. The lowest BCUT2D eigenvalue weighted by Crippen LogP contribution is -2.45. The zero-order valence-corrected chi connectivity index (χ0v) is 19.0. The summed E-state index contributed by atoms with van der Waals surface area (Å²) in [4.78, 5) is 24.3. The van der Waals surface area contributed by atoms with Crippen LogP contribution in [-0.2, 0) is 0 Å². The molecule has 0 saturated carbocycles. The van der Waals surface area contributed by atoms with E-state index >= 15 is 0 Å². The summed E-state index contributed by atoms with van der Waals surface area (Å²) in [6.45, 7) is 6.39. The SMILES string of the molecule is Cc1ccc(Sc2nc(NC3=NCC(c4ccco4)=C3)nc(N3CCN(C)CC3)n2)cc1. The first-order valence-corrected chi connectivity index (χ1v) is 11.4. The Kier molecular flexibility index (Phi) is 5.91. The first-order chi connectivity index (χ1) is 15.6. The number of furan rings is 1. The van der Waals surface area contributed by atoms with E-state index in [9.17, 15) is 0 Å². The number of amidine groups is 1. The number of rotatable bonds is 5. The predicted octanol–water partition coefficient (Wildman–Crippen LogP) is 3.58. The number of nitrogens with one attached hydrogen (secondary N) is 1. The molecular weight excluding hydrogens is 422 g/mol. The summed E-state index contributed by atoms with van der Waals surface area (Å²) in [6, 6.07) is 12.2. The molecule has 0 atom stereocenters. The van der Waals surface area contributed by atoms with Crippen LogP contribution < -0.4 is 10.2 Å². The van der Waals surface area contributed by atoms with Gasteiger partial charge in [0, 0.05) is 36.6 Å². The first-order valence-electron chi connectivity index (χ1n) is 10.6. The molecule has 1 fully saturated rings. The van der Waals surface area contributed by atoms with Crippen molar-refractivity contribution in [2.75, 3.05) is 50.0 Å². The Hall–Kier alpha value is -3.17. The van der Waals surface area contributed by atoms with Crippen molar-refractivity contribution in [3.8, 4) is 0 Å². The molecule has 0 spiro atoms. The van der Waals surface area contributed by atoms with E-state index in [-0.39, 0.29) is 0 Å². The maximum atomic E-state index is 5.49. The summed E-state index contributed by atoms with van der Waals surface area (Å²) < 4.78 is 5.49. The Morgan fingerprint density at radius 3 is 2.56 bits per heavy atom. The van der Waals surface area contributed by atoms with Gasteiger partial charge in [-0.25, -0.2) is 0 Å². The van der Waals surface area contributed by atoms with Gasteiger partial charge in [-0.15, -0.1) is 0 Å². The molecule has 0 unspecified atom stereocenters. The van der Waals surface area contributed by atoms with Crippen molar-refractivity contribution in [2.45, 2.75) is 17.0 Å². The summed E-state index contributed by atoms with van der Waals surface area (Å²) in [7, 11) is 2.14. The number of hydrogen-bond donors (Lipinski definition) is 1. The van der Waals surface area contributed by atoms with Crippen LogP contribution in [0, 0.1) is 6.92 Å². The average molecular weight is 448 g/mol. The molecule has 0 amide bonds. The Morgan fingerprint density at radius 2 is 1.81 bits per heavy atom. The van der Waals surface area contributed by atoms with Crippen LogP contribution in [0.3, 0.4) is 0 Å². The first kappa shape index (κ1) is 20.7. The summed E-state index contributed by atoms with van der Waals surface area (Å²) in [6.07, 6.45) is 3.65. The highest BCUT2D eigenvalue weighted by molar-refractivity contribution is 7.99. The van der Waals surface area contributed by atoms with Crippen LogP contribution in [0.25, 0.3) is 5.57 Å². The van der Waals surface area contributed by atoms with E-state index in [4.69, 9.17) is 14.4 Å². The number of hydrogen-bond acceptors (Lipinski definition) is 9. The standard InChI is InChI=1S/C23H25N7OS/c1-16-5-7-18(8-6-16)32-23-27-21(26-22(28-23)30-11-9-29(2)10-12-30)25-20-14-17(15-24-20)19-4-3-13-31-19/h3-8,13-14H,9-12,15H2,1-2H3,(H,24,25,26,27,28). The predicted molar refractivity (Wildman–Crippen MR) is 127 cm³/mol. The van der Waals surface area contributed by atoms with Crippen LogP contribution in [0.4, 0.5) is 11.9 Å². The normalized spacial score (nSPS) is 16.8. The van der Waals surface area contributed by atoms with Gasteiger partial charge < -0.3 is 19.5 Å². The van der Waals surface area contributed by atoms with Crippen molar-refractivity contribution < 1.29 is 4.42 Å². The summed E-state index contributed by atoms with van der Waals surface area (Å²) in [5, 5.41) is 3.94. The van der Waals surface area contributed by atoms with Crippen LogP contribution in [0.5, 0.6) is 0 Å². The molecule has 0 radical (unpaired) electrons. The molecule has 1 saturated heterocycles. The van der Waals surface area contributed by atoms with Gasteiger partial charge in [0.1, 0.15) is 11.6 Å². The van der Waals surface area contributed by atoms with Crippen LogP contribution >= 0.6 is 11.8 Å². The lowest BCUT2D eigenvalue weighted by Gasteiger charge is -2.32. The minimum absolute atomic E-state index is 0.499. The van der Waals surface area contributed by atoms with Gasteiger partial charge in [0.05, 0.1) is 12.8 Å². The fraction of sp³-hybridized carbons (Fsp3) is 0.304. The van der Waals surface area contributed by atoms with Crippen molar-refractivity contribution in [1.29, 1.82) is 0 Å². The summed E-state index contributed by atoms with van der Waals surface area (Å²) >= 11 is 1.54. The number of piperazine rings is 1. The molecule has 32 heavy (non-hydrogen) atoms. The van der Waals surface area contributed by atoms with E-state index in [1.165, 1.54) is 17.3 Å². The van der Waals surface area contributed by atoms with Crippen LogP contribution in [0.1, 0.15) is 11.3 Å². The summed E-state index contributed by atoms with van der Waals surface area (Å²) in [5.41, 5.74) is 2.25. The maximum absolute atomic E-state index is 5.49. The highest BCUT2D eigenvalue weighted by Crippen LogP contribution is 2.28. The van der Waals surface area contributed by atoms with Crippen LogP contribution in [0.2, 0.25) is 0 Å². The van der Waals surface area contributed by atoms with Gasteiger partial charge in [-0.2, -0.15) is 15.0 Å². The number of benzene rings is 1. The average Bonchev–Trinajstić information content (AvgIpc) is 3.48. The third-order valence-electron chi connectivity index (χ3n) is 5.43. The second kappa shape index (κ2) is 9.13. The summed E-state index contributed by atoms with van der Waals surface area (Å²) in [5.74, 6) is 2.74. The molecule has 9 heteroatoms. The van der Waals surface area contributed by atoms with E-state index in [0.29, 0.717) is 23.6 Å². The van der Waals surface area contributed by atoms with Gasteiger partial charge in [-0.1, -0.05) is 17.7 Å². The van der Waals surface area contributed by atoms with Gasteiger partial charge in [-0.3, -0.25) is 4.99 Å². The molecule has 164 valence electrons. The number of nitrogens with zero attached hydrogens (tertiary/aromatic N) is 6. The topological polar surface area (TPSA) is 82.7 Å². The van der Waals surface area contributed by atoms with Crippen molar-refractivity contribution >= 4 is 35.1 Å². The number of anilines is 2. The van der Waals surface area contributed by atoms with Crippen molar-refractivity contribution in [1.82, 2.24) is 19.9 Å². The fourth-order valence-corrected chi connectivity index (χ4v) is 4.28. The third-order valence-corrected chi connectivity index (χ3v) is 6.30. The fourth-order valence-electron chi connectivity index (χ4n) is 3.53. The minimum atomic E-state index is 0.499. The number of aromatic nitrogens is 3. The Bertz CT molecular complexity index is 1130. The lowest BCUT2D eigenvalue weighted by molar-refractivity contribution is 0.311. The van der Waals surface area contributed by atoms with E-state index in [0.717, 1.165) is 48.2 Å². The van der Waals surface area contributed by atoms with Crippen molar-refractivity contribution in [3.63, 3.8) is 0 Å². The molecule has 1 N–H and O–H groups in total. The molecule has 2 aliphatic heterocycles. The van der Waals surface area contributed by atoms with E-state index < -0.39 is 0 Å². The monoisotopic (exact) mass is 447 g/mol. The van der Waals surface area contributed by atoms with E-state index in [2.05, 4.69) is 63.3 Å². The third kappa shape index (κ3) is 4.84. The highest BCUT2D eigenvalue weighted by Gasteiger charge is 2.20. The lowest BCUT2D eigenvalue weighted by atomic mass is 10.2. The molecule has 8 nitrogen and oxygen atoms in total. The quantitative estimate of drug-likeness (QED) is 0.636. The van der Waals surface area contributed by atoms with Crippen molar-refractivity contribution in [2.24, 2.45) is 4.99 Å². The van der Waals surface area contributed by atoms with Gasteiger partial charge in [0.2, 0.25) is 11.9 Å². The number of aryl methyl sites for hydroxylation is 1. The Balaban J connectivity index is 1.40. The van der Waals surface area contributed by atoms with Gasteiger partial charge >= 0.3 is 0 Å². The molecule has 4 heterocycles. The van der Waals surface area contributed by atoms with Crippen LogP contribution in [0.15, 0.2) is 68.2 Å². The second-order valence-electron chi connectivity index (χ2n) is 7.92. The van der Waals surface area contributed by atoms with Gasteiger partial charge in [0.15, 0.2) is 5.16 Å². The molecule has 0 aliphatic carbocycles. The largest absolute Gasteiger partial charge is 0.465 e. The zero-order valence-electron chi connectivity index (χ0n) is 18.2. The smallest absolute Gasteiger partial charge is 0.234 e. The Labute approximate surface area is 191 Å². The second-order valence-corrected chi connectivity index (χ2v) is 8.96. The Morgan fingerprint density at radius 1 is 1.00 bits per heavy atom. The molecular formula is C23H25N7OS. The van der Waals surface area contributed by atoms with Gasteiger partial charge in [0.25, 0.3) is 0 Å². The molecule has 1 aromatic carbocycles. The highest BCUT2D eigenvalue weighted by atomic mass is 32.2. The molecule has 5 rings (SSSR count). The van der Waals surface area contributed by atoms with Gasteiger partial charge in [-0.05, 0) is 56.1 Å². The number of aliphatic imine (C=N–C) groups is 1.